The van der Waals surface area contributed by atoms with Gasteiger partial charge in [-0.25, -0.2) is 4.79 Å². The van der Waals surface area contributed by atoms with Crippen LogP contribution in [0.15, 0.2) is 28.8 Å². The van der Waals surface area contributed by atoms with Gasteiger partial charge in [0.1, 0.15) is 0 Å². The average molecular weight is 354 g/mol. The first kappa shape index (κ1) is 17.5. The minimum absolute atomic E-state index is 0.112. The van der Waals surface area contributed by atoms with Gasteiger partial charge in [0.25, 0.3) is 11.7 Å². The molecule has 0 radical (unpaired) electrons. The maximum atomic E-state index is 12.3. The van der Waals surface area contributed by atoms with E-state index in [9.17, 15) is 9.59 Å². The van der Waals surface area contributed by atoms with Gasteiger partial charge < -0.3 is 9.26 Å². The van der Waals surface area contributed by atoms with Crippen molar-refractivity contribution in [3.8, 4) is 11.4 Å². The summed E-state index contributed by atoms with van der Waals surface area (Å²) in [6, 6.07) is 7.60. The van der Waals surface area contributed by atoms with Crippen molar-refractivity contribution >= 4 is 11.8 Å². The highest BCUT2D eigenvalue weighted by Gasteiger charge is 2.25. The first-order chi connectivity index (χ1) is 12.4. The molecule has 2 heterocycles. The van der Waals surface area contributed by atoms with Crippen LogP contribution in [0.4, 0.5) is 0 Å². The quantitative estimate of drug-likeness (QED) is 0.394. The number of Topliss-reactive ketones (excluding diaryl/α,β-unsaturated/α-hetero) is 1. The Morgan fingerprint density at radius 2 is 1.85 bits per heavy atom. The van der Waals surface area contributed by atoms with Crippen molar-refractivity contribution in [1.82, 2.24) is 19.9 Å². The van der Waals surface area contributed by atoms with Gasteiger partial charge in [0.05, 0.1) is 11.3 Å². The number of ether oxygens (including phenoxy) is 1. The van der Waals surface area contributed by atoms with Gasteiger partial charge in [-0.2, -0.15) is 10.1 Å². The molecule has 2 aromatic heterocycles. The van der Waals surface area contributed by atoms with Crippen LogP contribution in [0.1, 0.15) is 33.2 Å². The fraction of sp³-hybridized carbons (Fsp3) is 0.278. The van der Waals surface area contributed by atoms with E-state index in [2.05, 4.69) is 15.2 Å². The first-order valence-electron chi connectivity index (χ1n) is 7.98. The summed E-state index contributed by atoms with van der Waals surface area (Å²) in [6.07, 6.45) is 0. The number of rotatable bonds is 5. The summed E-state index contributed by atoms with van der Waals surface area (Å²) < 4.78 is 11.6. The van der Waals surface area contributed by atoms with E-state index in [0.29, 0.717) is 17.2 Å². The number of ketones is 1. The molecular formula is C18H18N4O4. The molecule has 0 amide bonds. The SMILES string of the molecule is Cc1ccc(-c2noc(COC(=O)C(=O)c3c(C)nn(C)c3C)n2)cc1. The molecule has 8 nitrogen and oxygen atoms in total. The number of aryl methyl sites for hydroxylation is 3. The molecule has 0 spiro atoms. The van der Waals surface area contributed by atoms with Gasteiger partial charge in [0.2, 0.25) is 5.82 Å². The van der Waals surface area contributed by atoms with E-state index in [1.807, 2.05) is 31.2 Å². The minimum atomic E-state index is -0.987. The van der Waals surface area contributed by atoms with Crippen molar-refractivity contribution in [2.45, 2.75) is 27.4 Å². The zero-order valence-corrected chi connectivity index (χ0v) is 14.9. The topological polar surface area (TPSA) is 100 Å². The number of esters is 1. The number of hydrogen-bond donors (Lipinski definition) is 0. The molecule has 134 valence electrons. The van der Waals surface area contributed by atoms with Crippen LogP contribution in [-0.4, -0.2) is 31.7 Å². The average Bonchev–Trinajstić information content (AvgIpc) is 3.18. The molecular weight excluding hydrogens is 336 g/mol. The van der Waals surface area contributed by atoms with Gasteiger partial charge in [-0.3, -0.25) is 9.48 Å². The van der Waals surface area contributed by atoms with Crippen LogP contribution in [0, 0.1) is 20.8 Å². The Bertz CT molecular complexity index is 970. The van der Waals surface area contributed by atoms with E-state index in [1.54, 1.807) is 25.6 Å². The standard InChI is InChI=1S/C18H18N4O4/c1-10-5-7-13(8-6-10)17-19-14(26-21-17)9-25-18(24)16(23)15-11(2)20-22(4)12(15)3/h5-8H,9H2,1-4H3. The van der Waals surface area contributed by atoms with Crippen molar-refractivity contribution in [1.29, 1.82) is 0 Å². The highest BCUT2D eigenvalue weighted by Crippen LogP contribution is 2.17. The molecule has 0 aliphatic carbocycles. The van der Waals surface area contributed by atoms with E-state index in [1.165, 1.54) is 0 Å². The van der Waals surface area contributed by atoms with Crippen molar-refractivity contribution in [3.63, 3.8) is 0 Å². The van der Waals surface area contributed by atoms with Crippen LogP contribution >= 0.6 is 0 Å². The van der Waals surface area contributed by atoms with Crippen molar-refractivity contribution in [2.75, 3.05) is 0 Å². The Morgan fingerprint density at radius 1 is 1.15 bits per heavy atom. The fourth-order valence-electron chi connectivity index (χ4n) is 2.53. The lowest BCUT2D eigenvalue weighted by Gasteiger charge is -2.02. The third-order valence-corrected chi connectivity index (χ3v) is 4.03. The van der Waals surface area contributed by atoms with Crippen LogP contribution in [-0.2, 0) is 23.2 Å². The molecule has 3 aromatic rings. The van der Waals surface area contributed by atoms with Crippen molar-refractivity contribution in [2.24, 2.45) is 7.05 Å². The lowest BCUT2D eigenvalue weighted by atomic mass is 10.1. The summed E-state index contributed by atoms with van der Waals surface area (Å²) in [7, 11) is 1.70. The predicted octanol–water partition coefficient (Wildman–Crippen LogP) is 2.32. The summed E-state index contributed by atoms with van der Waals surface area (Å²) in [5, 5.41) is 7.98. The van der Waals surface area contributed by atoms with E-state index in [4.69, 9.17) is 9.26 Å². The summed E-state index contributed by atoms with van der Waals surface area (Å²) >= 11 is 0. The van der Waals surface area contributed by atoms with E-state index >= 15 is 0 Å². The third-order valence-electron chi connectivity index (χ3n) is 4.03. The van der Waals surface area contributed by atoms with Crippen LogP contribution < -0.4 is 0 Å². The Kier molecular flexibility index (Phi) is 4.66. The maximum absolute atomic E-state index is 12.3. The zero-order chi connectivity index (χ0) is 18.8. The van der Waals surface area contributed by atoms with Crippen molar-refractivity contribution < 1.29 is 18.8 Å². The maximum Gasteiger partial charge on any atom is 0.380 e. The minimum Gasteiger partial charge on any atom is -0.450 e. The molecule has 3 rings (SSSR count). The molecule has 1 aromatic carbocycles. The molecule has 0 aliphatic heterocycles. The largest absolute Gasteiger partial charge is 0.450 e. The number of benzene rings is 1. The molecule has 0 fully saturated rings. The lowest BCUT2D eigenvalue weighted by molar-refractivity contribution is -0.140. The Morgan fingerprint density at radius 3 is 2.46 bits per heavy atom. The highest BCUT2D eigenvalue weighted by atomic mass is 16.6. The van der Waals surface area contributed by atoms with Crippen LogP contribution in [0.3, 0.4) is 0 Å². The van der Waals surface area contributed by atoms with E-state index < -0.39 is 11.8 Å². The van der Waals surface area contributed by atoms with Crippen LogP contribution in [0.25, 0.3) is 11.4 Å². The Hall–Kier alpha value is -3.29. The molecule has 0 aliphatic rings. The molecule has 0 bridgehead atoms. The fourth-order valence-corrected chi connectivity index (χ4v) is 2.53. The summed E-state index contributed by atoms with van der Waals surface area (Å²) in [5.41, 5.74) is 3.24. The summed E-state index contributed by atoms with van der Waals surface area (Å²) in [6.45, 7) is 5.08. The molecule has 0 saturated carbocycles. The zero-order valence-electron chi connectivity index (χ0n) is 14.9. The molecule has 26 heavy (non-hydrogen) atoms. The number of carbonyl (C=O) groups is 2. The van der Waals surface area contributed by atoms with E-state index in [0.717, 1.165) is 11.1 Å². The molecule has 0 N–H and O–H groups in total. The van der Waals surface area contributed by atoms with Gasteiger partial charge in [-0.1, -0.05) is 35.0 Å². The van der Waals surface area contributed by atoms with Gasteiger partial charge >= 0.3 is 5.97 Å². The van der Waals surface area contributed by atoms with E-state index in [-0.39, 0.29) is 18.1 Å². The highest BCUT2D eigenvalue weighted by molar-refractivity contribution is 6.41. The third kappa shape index (κ3) is 3.39. The number of hydrogen-bond acceptors (Lipinski definition) is 7. The number of carbonyl (C=O) groups excluding carboxylic acids is 2. The number of aromatic nitrogens is 4. The smallest absolute Gasteiger partial charge is 0.380 e. The lowest BCUT2D eigenvalue weighted by Crippen LogP contribution is -2.19. The van der Waals surface area contributed by atoms with Gasteiger partial charge in [-0.15, -0.1) is 0 Å². The summed E-state index contributed by atoms with van der Waals surface area (Å²) in [4.78, 5) is 28.5. The van der Waals surface area contributed by atoms with Gasteiger partial charge in [0.15, 0.2) is 6.61 Å². The Balaban J connectivity index is 1.66. The monoisotopic (exact) mass is 354 g/mol. The van der Waals surface area contributed by atoms with Gasteiger partial charge in [-0.05, 0) is 20.8 Å². The normalized spacial score (nSPS) is 10.8. The number of nitrogens with zero attached hydrogens (tertiary/aromatic N) is 4. The molecule has 0 atom stereocenters. The molecule has 0 unspecified atom stereocenters. The second kappa shape index (κ2) is 6.91. The first-order valence-corrected chi connectivity index (χ1v) is 7.98. The second-order valence-electron chi connectivity index (χ2n) is 5.95. The summed E-state index contributed by atoms with van der Waals surface area (Å²) in [5.74, 6) is -1.23. The molecule has 8 heteroatoms. The molecule has 0 saturated heterocycles. The Labute approximate surface area is 149 Å². The predicted molar refractivity (Wildman–Crippen MR) is 91.3 cm³/mol. The van der Waals surface area contributed by atoms with Crippen molar-refractivity contribution in [3.05, 3.63) is 52.7 Å². The second-order valence-corrected chi connectivity index (χ2v) is 5.95. The van der Waals surface area contributed by atoms with Crippen LogP contribution in [0.2, 0.25) is 0 Å². The van der Waals surface area contributed by atoms with Crippen LogP contribution in [0.5, 0.6) is 0 Å². The van der Waals surface area contributed by atoms with Gasteiger partial charge in [0, 0.05) is 18.3 Å².